The normalized spacial score (nSPS) is 15.8. The van der Waals surface area contributed by atoms with E-state index in [0.717, 1.165) is 36.5 Å². The monoisotopic (exact) mass is 355 g/mol. The van der Waals surface area contributed by atoms with Gasteiger partial charge in [0.25, 0.3) is 5.91 Å². The standard InChI is InChI=1S/C21H29N3O2/c1-15(14-24-17(3)12-16(2)23-24)13-22-21(25)18-8-10-20(11-9-18)26-19-6-4-5-7-19/h8-12,15,19H,4-7,13-14H2,1-3H3,(H,22,25). The molecule has 26 heavy (non-hydrogen) atoms. The molecular formula is C21H29N3O2. The minimum absolute atomic E-state index is 0.0439. The number of benzene rings is 1. The van der Waals surface area contributed by atoms with Gasteiger partial charge in [-0.05, 0) is 75.8 Å². The molecule has 1 aromatic heterocycles. The van der Waals surface area contributed by atoms with Crippen molar-refractivity contribution < 1.29 is 9.53 Å². The first-order valence-electron chi connectivity index (χ1n) is 9.57. The lowest BCUT2D eigenvalue weighted by atomic mass is 10.1. The molecule has 5 heteroatoms. The first-order valence-corrected chi connectivity index (χ1v) is 9.57. The van der Waals surface area contributed by atoms with Gasteiger partial charge in [0, 0.05) is 24.3 Å². The third-order valence-electron chi connectivity index (χ3n) is 4.92. The van der Waals surface area contributed by atoms with Gasteiger partial charge in [-0.1, -0.05) is 6.92 Å². The van der Waals surface area contributed by atoms with Crippen molar-refractivity contribution in [3.05, 3.63) is 47.3 Å². The van der Waals surface area contributed by atoms with Crippen LogP contribution in [0.15, 0.2) is 30.3 Å². The highest BCUT2D eigenvalue weighted by Crippen LogP contribution is 2.24. The number of carbonyl (C=O) groups is 1. The molecule has 5 nitrogen and oxygen atoms in total. The Balaban J connectivity index is 1.47. The van der Waals surface area contributed by atoms with Crippen LogP contribution in [0.2, 0.25) is 0 Å². The van der Waals surface area contributed by atoms with Crippen LogP contribution < -0.4 is 10.1 Å². The van der Waals surface area contributed by atoms with Gasteiger partial charge in [0.15, 0.2) is 0 Å². The Morgan fingerprint density at radius 1 is 1.27 bits per heavy atom. The predicted octanol–water partition coefficient (Wildman–Crippen LogP) is 3.89. The van der Waals surface area contributed by atoms with Crippen LogP contribution in [-0.2, 0) is 6.54 Å². The zero-order valence-corrected chi connectivity index (χ0v) is 16.0. The van der Waals surface area contributed by atoms with E-state index in [1.807, 2.05) is 35.9 Å². The van der Waals surface area contributed by atoms with E-state index >= 15 is 0 Å². The molecule has 1 unspecified atom stereocenters. The number of nitrogens with one attached hydrogen (secondary N) is 1. The van der Waals surface area contributed by atoms with Crippen molar-refractivity contribution in [1.82, 2.24) is 15.1 Å². The highest BCUT2D eigenvalue weighted by molar-refractivity contribution is 5.94. The zero-order chi connectivity index (χ0) is 18.5. The summed E-state index contributed by atoms with van der Waals surface area (Å²) in [4.78, 5) is 12.4. The highest BCUT2D eigenvalue weighted by Gasteiger charge is 2.16. The van der Waals surface area contributed by atoms with E-state index in [1.54, 1.807) is 0 Å². The second-order valence-electron chi connectivity index (χ2n) is 7.47. The quantitative estimate of drug-likeness (QED) is 0.820. The maximum atomic E-state index is 12.4. The van der Waals surface area contributed by atoms with Crippen molar-refractivity contribution in [2.45, 2.75) is 59.1 Å². The molecular weight excluding hydrogens is 326 g/mol. The van der Waals surface area contributed by atoms with Crippen molar-refractivity contribution in [3.8, 4) is 5.75 Å². The van der Waals surface area contributed by atoms with Gasteiger partial charge in [-0.3, -0.25) is 9.48 Å². The number of aromatic nitrogens is 2. The van der Waals surface area contributed by atoms with Crippen molar-refractivity contribution >= 4 is 5.91 Å². The summed E-state index contributed by atoms with van der Waals surface area (Å²) in [7, 11) is 0. The Hall–Kier alpha value is -2.30. The Bertz CT molecular complexity index is 730. The van der Waals surface area contributed by atoms with Crippen molar-refractivity contribution in [1.29, 1.82) is 0 Å². The SMILES string of the molecule is Cc1cc(C)n(CC(C)CNC(=O)c2ccc(OC3CCCC3)cc2)n1. The molecule has 0 bridgehead atoms. The van der Waals surface area contributed by atoms with E-state index in [-0.39, 0.29) is 5.91 Å². The van der Waals surface area contributed by atoms with Crippen molar-refractivity contribution in [2.24, 2.45) is 5.92 Å². The summed E-state index contributed by atoms with van der Waals surface area (Å²) in [5.41, 5.74) is 2.85. The van der Waals surface area contributed by atoms with Gasteiger partial charge in [0.1, 0.15) is 5.75 Å². The average Bonchev–Trinajstić information content (AvgIpc) is 3.23. The number of amides is 1. The number of aryl methyl sites for hydroxylation is 2. The summed E-state index contributed by atoms with van der Waals surface area (Å²) in [6, 6.07) is 9.54. The van der Waals surface area contributed by atoms with Gasteiger partial charge in [0.05, 0.1) is 11.8 Å². The largest absolute Gasteiger partial charge is 0.490 e. The Labute approximate surface area is 155 Å². The highest BCUT2D eigenvalue weighted by atomic mass is 16.5. The lowest BCUT2D eigenvalue weighted by Crippen LogP contribution is -2.30. The summed E-state index contributed by atoms with van der Waals surface area (Å²) < 4.78 is 7.95. The van der Waals surface area contributed by atoms with Gasteiger partial charge in [-0.2, -0.15) is 5.10 Å². The van der Waals surface area contributed by atoms with Crippen LogP contribution in [0.3, 0.4) is 0 Å². The van der Waals surface area contributed by atoms with E-state index in [2.05, 4.69) is 30.3 Å². The van der Waals surface area contributed by atoms with Gasteiger partial charge < -0.3 is 10.1 Å². The third kappa shape index (κ3) is 4.87. The number of hydrogen-bond donors (Lipinski definition) is 1. The van der Waals surface area contributed by atoms with Crippen molar-refractivity contribution in [3.63, 3.8) is 0 Å². The van der Waals surface area contributed by atoms with Gasteiger partial charge >= 0.3 is 0 Å². The predicted molar refractivity (Wildman–Crippen MR) is 103 cm³/mol. The number of hydrogen-bond acceptors (Lipinski definition) is 3. The minimum atomic E-state index is -0.0439. The molecule has 1 saturated carbocycles. The summed E-state index contributed by atoms with van der Waals surface area (Å²) in [5.74, 6) is 1.12. The molecule has 1 aliphatic carbocycles. The maximum Gasteiger partial charge on any atom is 0.251 e. The molecule has 2 aromatic rings. The molecule has 0 radical (unpaired) electrons. The fourth-order valence-electron chi connectivity index (χ4n) is 3.47. The van der Waals surface area contributed by atoms with E-state index in [1.165, 1.54) is 12.8 Å². The molecule has 1 N–H and O–H groups in total. The fraction of sp³-hybridized carbons (Fsp3) is 0.524. The number of carbonyl (C=O) groups excluding carboxylic acids is 1. The van der Waals surface area contributed by atoms with Crippen LogP contribution in [0.1, 0.15) is 54.4 Å². The number of ether oxygens (including phenoxy) is 1. The van der Waals surface area contributed by atoms with E-state index in [0.29, 0.717) is 24.1 Å². The molecule has 1 amide bonds. The van der Waals surface area contributed by atoms with Gasteiger partial charge in [-0.15, -0.1) is 0 Å². The summed E-state index contributed by atoms with van der Waals surface area (Å²) in [6.07, 6.45) is 5.11. The summed E-state index contributed by atoms with van der Waals surface area (Å²) >= 11 is 0. The molecule has 0 saturated heterocycles. The molecule has 1 fully saturated rings. The maximum absolute atomic E-state index is 12.4. The van der Waals surface area contributed by atoms with Crippen LogP contribution in [0.5, 0.6) is 5.75 Å². The number of rotatable bonds is 7. The van der Waals surface area contributed by atoms with Crippen molar-refractivity contribution in [2.75, 3.05) is 6.54 Å². The first-order chi connectivity index (χ1) is 12.5. The van der Waals surface area contributed by atoms with Gasteiger partial charge in [-0.25, -0.2) is 0 Å². The summed E-state index contributed by atoms with van der Waals surface area (Å²) in [5, 5.41) is 7.49. The second kappa shape index (κ2) is 8.39. The zero-order valence-electron chi connectivity index (χ0n) is 16.0. The first kappa shape index (κ1) is 18.5. The molecule has 1 atom stereocenters. The second-order valence-corrected chi connectivity index (χ2v) is 7.47. The van der Waals surface area contributed by atoms with E-state index < -0.39 is 0 Å². The molecule has 1 heterocycles. The minimum Gasteiger partial charge on any atom is -0.490 e. The number of nitrogens with zero attached hydrogens (tertiary/aromatic N) is 2. The van der Waals surface area contributed by atoms with E-state index in [4.69, 9.17) is 4.74 Å². The Morgan fingerprint density at radius 2 is 1.96 bits per heavy atom. The lowest BCUT2D eigenvalue weighted by Gasteiger charge is -2.15. The smallest absolute Gasteiger partial charge is 0.251 e. The Kier molecular flexibility index (Phi) is 5.96. The summed E-state index contributed by atoms with van der Waals surface area (Å²) in [6.45, 7) is 7.59. The lowest BCUT2D eigenvalue weighted by molar-refractivity contribution is 0.0946. The van der Waals surface area contributed by atoms with Crippen LogP contribution in [0, 0.1) is 19.8 Å². The molecule has 0 aliphatic heterocycles. The topological polar surface area (TPSA) is 56.2 Å². The van der Waals surface area contributed by atoms with Crippen LogP contribution >= 0.6 is 0 Å². The molecule has 0 spiro atoms. The molecule has 3 rings (SSSR count). The van der Waals surface area contributed by atoms with Crippen LogP contribution in [0.4, 0.5) is 0 Å². The molecule has 1 aromatic carbocycles. The van der Waals surface area contributed by atoms with E-state index in [9.17, 15) is 4.79 Å². The third-order valence-corrected chi connectivity index (χ3v) is 4.92. The molecule has 1 aliphatic rings. The fourth-order valence-corrected chi connectivity index (χ4v) is 3.47. The average molecular weight is 355 g/mol. The van der Waals surface area contributed by atoms with Gasteiger partial charge in [0.2, 0.25) is 0 Å². The molecule has 140 valence electrons. The Morgan fingerprint density at radius 3 is 2.58 bits per heavy atom. The van der Waals surface area contributed by atoms with Crippen LogP contribution in [-0.4, -0.2) is 28.3 Å². The van der Waals surface area contributed by atoms with Crippen LogP contribution in [0.25, 0.3) is 0 Å².